The Hall–Kier alpha value is -2.54. The van der Waals surface area contributed by atoms with Gasteiger partial charge >= 0.3 is 0 Å². The Kier molecular flexibility index (Phi) is 5.81. The van der Waals surface area contributed by atoms with Crippen molar-refractivity contribution in [2.45, 2.75) is 12.3 Å². The molecule has 0 amide bonds. The fourth-order valence-corrected chi connectivity index (χ4v) is 3.08. The molecule has 0 bridgehead atoms. The van der Waals surface area contributed by atoms with Crippen LogP contribution in [0, 0.1) is 0 Å². The number of nitrogens with two attached hydrogens (primary N) is 1. The highest BCUT2D eigenvalue weighted by Crippen LogP contribution is 2.22. The highest BCUT2D eigenvalue weighted by Gasteiger charge is 2.09. The molecule has 24 heavy (non-hydrogen) atoms. The molecule has 0 aliphatic carbocycles. The molecule has 0 aromatic heterocycles. The summed E-state index contributed by atoms with van der Waals surface area (Å²) in [6, 6.07) is 14.7. The largest absolute Gasteiger partial charge is 0.495 e. The monoisotopic (exact) mass is 347 g/mol. The summed E-state index contributed by atoms with van der Waals surface area (Å²) in [7, 11) is -1.53. The zero-order valence-electron chi connectivity index (χ0n) is 13.7. The molecule has 2 aromatic rings. The van der Waals surface area contributed by atoms with Crippen molar-refractivity contribution in [3.63, 3.8) is 0 Å². The number of hydrogen-bond donors (Lipinski definition) is 2. The molecule has 0 atom stereocenters. The summed E-state index contributed by atoms with van der Waals surface area (Å²) in [5.41, 5.74) is 8.19. The Morgan fingerprint density at radius 1 is 1.12 bits per heavy atom. The van der Waals surface area contributed by atoms with Crippen LogP contribution in [0.15, 0.2) is 53.5 Å². The summed E-state index contributed by atoms with van der Waals surface area (Å²) in [5, 5.41) is 2.98. The third-order valence-corrected chi connectivity index (χ3v) is 4.16. The maximum absolute atomic E-state index is 11.5. The van der Waals surface area contributed by atoms with E-state index in [4.69, 9.17) is 10.5 Å². The minimum atomic E-state index is -3.11. The molecule has 2 rings (SSSR count). The van der Waals surface area contributed by atoms with Gasteiger partial charge in [-0.15, -0.1) is 0 Å². The number of nitrogens with zero attached hydrogens (tertiary/aromatic N) is 1. The van der Waals surface area contributed by atoms with Gasteiger partial charge in [0, 0.05) is 6.26 Å². The minimum absolute atomic E-state index is 0.0153. The molecule has 0 spiro atoms. The number of para-hydroxylation sites is 2. The lowest BCUT2D eigenvalue weighted by atomic mass is 10.1. The van der Waals surface area contributed by atoms with Crippen LogP contribution >= 0.6 is 0 Å². The van der Waals surface area contributed by atoms with Crippen molar-refractivity contribution in [2.75, 3.05) is 18.7 Å². The number of rotatable bonds is 6. The molecule has 0 radical (unpaired) electrons. The molecule has 6 nitrogen and oxygen atoms in total. The second-order valence-corrected chi connectivity index (χ2v) is 7.51. The molecule has 7 heteroatoms. The lowest BCUT2D eigenvalue weighted by Gasteiger charge is -2.11. The number of aliphatic imine (C=N–C) groups is 1. The zero-order chi connectivity index (χ0) is 17.6. The Bertz CT molecular complexity index is 832. The van der Waals surface area contributed by atoms with Crippen molar-refractivity contribution >= 4 is 21.5 Å². The minimum Gasteiger partial charge on any atom is -0.495 e. The van der Waals surface area contributed by atoms with Crippen LogP contribution in [0.25, 0.3) is 0 Å². The Morgan fingerprint density at radius 2 is 1.75 bits per heavy atom. The van der Waals surface area contributed by atoms with Crippen molar-refractivity contribution < 1.29 is 13.2 Å². The highest BCUT2D eigenvalue weighted by atomic mass is 32.2. The van der Waals surface area contributed by atoms with E-state index in [0.717, 1.165) is 11.1 Å². The van der Waals surface area contributed by atoms with Crippen molar-refractivity contribution in [3.05, 3.63) is 59.7 Å². The number of anilines is 1. The molecule has 3 N–H and O–H groups in total. The number of methoxy groups -OCH3 is 1. The second-order valence-electron chi connectivity index (χ2n) is 5.37. The van der Waals surface area contributed by atoms with Gasteiger partial charge in [0.25, 0.3) is 0 Å². The Morgan fingerprint density at radius 3 is 2.42 bits per heavy atom. The van der Waals surface area contributed by atoms with Crippen LogP contribution in [0.4, 0.5) is 5.69 Å². The summed E-state index contributed by atoms with van der Waals surface area (Å²) in [6.45, 7) is 0.291. The van der Waals surface area contributed by atoms with Crippen LogP contribution in [0.5, 0.6) is 5.75 Å². The van der Waals surface area contributed by atoms with Crippen molar-refractivity contribution in [3.8, 4) is 5.75 Å². The lowest BCUT2D eigenvalue weighted by Crippen LogP contribution is -2.23. The first-order valence-electron chi connectivity index (χ1n) is 7.33. The molecule has 0 aliphatic heterocycles. The fraction of sp³-hybridized carbons (Fsp3) is 0.235. The molecule has 0 fully saturated rings. The smallest absolute Gasteiger partial charge is 0.193 e. The Balaban J connectivity index is 2.13. The first kappa shape index (κ1) is 17.8. The maximum atomic E-state index is 11.5. The van der Waals surface area contributed by atoms with Gasteiger partial charge in [0.05, 0.1) is 25.1 Å². The molecule has 0 saturated carbocycles. The molecule has 128 valence electrons. The fourth-order valence-electron chi connectivity index (χ4n) is 2.23. The van der Waals surface area contributed by atoms with Crippen LogP contribution < -0.4 is 15.8 Å². The summed E-state index contributed by atoms with van der Waals surface area (Å²) in [5.74, 6) is 0.875. The standard InChI is InChI=1S/C17H21N3O3S/c1-23-16-10-6-5-9-15(16)20-17(18)19-11-13-7-3-4-8-14(13)12-24(2,21)22/h3-10H,11-12H2,1-2H3,(H3,18,19,20). The van der Waals surface area contributed by atoms with Gasteiger partial charge in [-0.2, -0.15) is 0 Å². The van der Waals surface area contributed by atoms with Gasteiger partial charge in [-0.25, -0.2) is 13.4 Å². The van der Waals surface area contributed by atoms with E-state index in [-0.39, 0.29) is 11.7 Å². The van der Waals surface area contributed by atoms with Crippen LogP contribution in [0.3, 0.4) is 0 Å². The number of benzene rings is 2. The molecular weight excluding hydrogens is 326 g/mol. The summed E-state index contributed by atoms with van der Waals surface area (Å²) in [4.78, 5) is 4.29. The van der Waals surface area contributed by atoms with Gasteiger partial charge in [0.15, 0.2) is 15.8 Å². The predicted octanol–water partition coefficient (Wildman–Crippen LogP) is 2.17. The third kappa shape index (κ3) is 5.27. The zero-order valence-corrected chi connectivity index (χ0v) is 14.5. The highest BCUT2D eigenvalue weighted by molar-refractivity contribution is 7.89. The predicted molar refractivity (Wildman–Crippen MR) is 96.9 cm³/mol. The average molecular weight is 347 g/mol. The van der Waals surface area contributed by atoms with Gasteiger partial charge < -0.3 is 15.8 Å². The lowest BCUT2D eigenvalue weighted by molar-refractivity contribution is 0.417. The number of nitrogens with one attached hydrogen (secondary N) is 1. The van der Waals surface area contributed by atoms with E-state index in [1.165, 1.54) is 6.26 Å². The third-order valence-electron chi connectivity index (χ3n) is 3.33. The molecular formula is C17H21N3O3S. The van der Waals surface area contributed by atoms with Crippen molar-refractivity contribution in [1.29, 1.82) is 0 Å². The van der Waals surface area contributed by atoms with Crippen LogP contribution in [-0.4, -0.2) is 27.7 Å². The first-order valence-corrected chi connectivity index (χ1v) is 9.39. The van der Waals surface area contributed by atoms with Crippen LogP contribution in [-0.2, 0) is 22.1 Å². The van der Waals surface area contributed by atoms with Crippen LogP contribution in [0.1, 0.15) is 11.1 Å². The van der Waals surface area contributed by atoms with E-state index in [1.807, 2.05) is 42.5 Å². The normalized spacial score (nSPS) is 12.0. The van der Waals surface area contributed by atoms with Crippen LogP contribution in [0.2, 0.25) is 0 Å². The summed E-state index contributed by atoms with van der Waals surface area (Å²) < 4.78 is 28.3. The first-order chi connectivity index (χ1) is 11.4. The van der Waals surface area contributed by atoms with Gasteiger partial charge in [0.2, 0.25) is 0 Å². The van der Waals surface area contributed by atoms with Crippen molar-refractivity contribution in [1.82, 2.24) is 0 Å². The van der Waals surface area contributed by atoms with E-state index < -0.39 is 9.84 Å². The number of ether oxygens (including phenoxy) is 1. The van der Waals surface area contributed by atoms with E-state index in [2.05, 4.69) is 10.3 Å². The van der Waals surface area contributed by atoms with E-state index >= 15 is 0 Å². The number of hydrogen-bond acceptors (Lipinski definition) is 4. The molecule has 0 unspecified atom stereocenters. The quantitative estimate of drug-likeness (QED) is 0.617. The average Bonchev–Trinajstić information content (AvgIpc) is 2.53. The molecule has 0 saturated heterocycles. The molecule has 2 aromatic carbocycles. The van der Waals surface area contributed by atoms with E-state index in [0.29, 0.717) is 18.0 Å². The summed E-state index contributed by atoms with van der Waals surface area (Å²) >= 11 is 0. The molecule has 0 aliphatic rings. The van der Waals surface area contributed by atoms with E-state index in [1.54, 1.807) is 13.2 Å². The topological polar surface area (TPSA) is 93.8 Å². The van der Waals surface area contributed by atoms with Gasteiger partial charge in [-0.1, -0.05) is 36.4 Å². The SMILES string of the molecule is COc1ccccc1NC(N)=NCc1ccccc1CS(C)(=O)=O. The Labute approximate surface area is 142 Å². The van der Waals surface area contributed by atoms with Gasteiger partial charge in [-0.3, -0.25) is 0 Å². The second kappa shape index (κ2) is 7.83. The molecule has 0 heterocycles. The summed E-state index contributed by atoms with van der Waals surface area (Å²) in [6.07, 6.45) is 1.21. The van der Waals surface area contributed by atoms with Crippen molar-refractivity contribution in [2.24, 2.45) is 10.7 Å². The number of sulfone groups is 1. The van der Waals surface area contributed by atoms with E-state index in [9.17, 15) is 8.42 Å². The number of guanidine groups is 1. The van der Waals surface area contributed by atoms with Gasteiger partial charge in [-0.05, 0) is 23.3 Å². The van der Waals surface area contributed by atoms with Gasteiger partial charge in [0.1, 0.15) is 5.75 Å². The maximum Gasteiger partial charge on any atom is 0.193 e.